The molecule has 0 aromatic rings. The molecule has 0 aliphatic carbocycles. The quantitative estimate of drug-likeness (QED) is 0.0343. The smallest absolute Gasteiger partial charge is 0.305 e. The van der Waals surface area contributed by atoms with E-state index in [1.54, 1.807) is 0 Å². The maximum absolute atomic E-state index is 12.4. The van der Waals surface area contributed by atoms with Gasteiger partial charge >= 0.3 is 5.97 Å². The Labute approximate surface area is 298 Å². The summed E-state index contributed by atoms with van der Waals surface area (Å²) < 4.78 is 5.41. The van der Waals surface area contributed by atoms with Crippen molar-refractivity contribution < 1.29 is 24.5 Å². The highest BCUT2D eigenvalue weighted by molar-refractivity contribution is 5.76. The Morgan fingerprint density at radius 2 is 1.00 bits per heavy atom. The van der Waals surface area contributed by atoms with Crippen LogP contribution < -0.4 is 5.32 Å². The van der Waals surface area contributed by atoms with Crippen LogP contribution in [0.25, 0.3) is 0 Å². The number of allylic oxidation sites excluding steroid dienone is 2. The predicted molar refractivity (Wildman–Crippen MR) is 204 cm³/mol. The molecule has 0 aliphatic heterocycles. The van der Waals surface area contributed by atoms with Crippen molar-refractivity contribution in [2.45, 2.75) is 231 Å². The highest BCUT2D eigenvalue weighted by Crippen LogP contribution is 2.15. The van der Waals surface area contributed by atoms with Crippen molar-refractivity contribution in [3.05, 3.63) is 12.2 Å². The lowest BCUT2D eigenvalue weighted by atomic mass is 10.0. The first-order valence-corrected chi connectivity index (χ1v) is 20.9. The average molecular weight is 680 g/mol. The topological polar surface area (TPSA) is 95.9 Å². The van der Waals surface area contributed by atoms with E-state index in [1.807, 2.05) is 0 Å². The zero-order chi connectivity index (χ0) is 35.2. The van der Waals surface area contributed by atoms with Crippen LogP contribution in [0.5, 0.6) is 0 Å². The second-order valence-corrected chi connectivity index (χ2v) is 14.3. The lowest BCUT2D eigenvalue weighted by molar-refractivity contribution is -0.143. The average Bonchev–Trinajstić information content (AvgIpc) is 3.08. The summed E-state index contributed by atoms with van der Waals surface area (Å²) in [5, 5.41) is 23.0. The van der Waals surface area contributed by atoms with Gasteiger partial charge in [-0.25, -0.2) is 0 Å². The normalized spacial score (nSPS) is 12.8. The fourth-order valence-electron chi connectivity index (χ4n) is 6.26. The summed E-state index contributed by atoms with van der Waals surface area (Å²) in [5.41, 5.74) is 0. The van der Waals surface area contributed by atoms with Gasteiger partial charge in [0.2, 0.25) is 5.91 Å². The van der Waals surface area contributed by atoms with Crippen LogP contribution in [0.15, 0.2) is 12.2 Å². The number of carbonyl (C=O) groups is 2. The summed E-state index contributed by atoms with van der Waals surface area (Å²) >= 11 is 0. The largest absolute Gasteiger partial charge is 0.466 e. The molecule has 48 heavy (non-hydrogen) atoms. The van der Waals surface area contributed by atoms with E-state index in [0.29, 0.717) is 25.9 Å². The molecule has 0 bridgehead atoms. The molecule has 0 aliphatic rings. The number of esters is 1. The van der Waals surface area contributed by atoms with Crippen molar-refractivity contribution >= 4 is 11.9 Å². The number of aliphatic hydroxyl groups excluding tert-OH is 2. The maximum Gasteiger partial charge on any atom is 0.305 e. The Morgan fingerprint density at radius 1 is 0.562 bits per heavy atom. The van der Waals surface area contributed by atoms with Crippen molar-refractivity contribution in [2.75, 3.05) is 13.2 Å². The molecule has 0 heterocycles. The summed E-state index contributed by atoms with van der Waals surface area (Å²) in [6, 6.07) is -0.559. The van der Waals surface area contributed by atoms with Crippen LogP contribution in [0.1, 0.15) is 219 Å². The number of rotatable bonds is 38. The highest BCUT2D eigenvalue weighted by Gasteiger charge is 2.20. The van der Waals surface area contributed by atoms with Gasteiger partial charge in [0.1, 0.15) is 0 Å². The molecule has 0 aromatic heterocycles. The second-order valence-electron chi connectivity index (χ2n) is 14.3. The van der Waals surface area contributed by atoms with Gasteiger partial charge in [0.05, 0.1) is 25.4 Å². The lowest BCUT2D eigenvalue weighted by Gasteiger charge is -2.22. The number of amides is 1. The zero-order valence-corrected chi connectivity index (χ0v) is 32.0. The van der Waals surface area contributed by atoms with Crippen LogP contribution in [0.4, 0.5) is 0 Å². The van der Waals surface area contributed by atoms with Gasteiger partial charge in [0.15, 0.2) is 0 Å². The van der Waals surface area contributed by atoms with E-state index in [1.165, 1.54) is 128 Å². The Bertz CT molecular complexity index is 712. The first-order valence-electron chi connectivity index (χ1n) is 20.9. The van der Waals surface area contributed by atoms with Crippen LogP contribution in [0, 0.1) is 0 Å². The van der Waals surface area contributed by atoms with Gasteiger partial charge in [-0.1, -0.05) is 174 Å². The number of hydrogen-bond donors (Lipinski definition) is 3. The summed E-state index contributed by atoms with van der Waals surface area (Å²) in [7, 11) is 0. The minimum absolute atomic E-state index is 0.0369. The summed E-state index contributed by atoms with van der Waals surface area (Å²) in [6.45, 7) is 4.82. The molecular formula is C42H81NO5. The Kier molecular flexibility index (Phi) is 37.3. The second kappa shape index (κ2) is 38.4. The van der Waals surface area contributed by atoms with E-state index in [0.717, 1.165) is 57.8 Å². The van der Waals surface area contributed by atoms with Crippen molar-refractivity contribution in [1.82, 2.24) is 5.32 Å². The van der Waals surface area contributed by atoms with E-state index in [-0.39, 0.29) is 18.5 Å². The molecule has 0 saturated heterocycles. The fourth-order valence-corrected chi connectivity index (χ4v) is 6.26. The number of nitrogens with one attached hydrogen (secondary N) is 1. The van der Waals surface area contributed by atoms with Crippen molar-refractivity contribution in [1.29, 1.82) is 0 Å². The number of carbonyl (C=O) groups excluding carboxylic acids is 2. The van der Waals surface area contributed by atoms with Crippen LogP contribution >= 0.6 is 0 Å². The van der Waals surface area contributed by atoms with Crippen LogP contribution in [0.3, 0.4) is 0 Å². The van der Waals surface area contributed by atoms with Crippen molar-refractivity contribution in [3.63, 3.8) is 0 Å². The predicted octanol–water partition coefficient (Wildman–Crippen LogP) is 11.4. The van der Waals surface area contributed by atoms with Gasteiger partial charge in [-0.2, -0.15) is 0 Å². The van der Waals surface area contributed by atoms with Gasteiger partial charge in [-0.3, -0.25) is 9.59 Å². The summed E-state index contributed by atoms with van der Waals surface area (Å²) in [4.78, 5) is 24.3. The molecule has 0 radical (unpaired) electrons. The van der Waals surface area contributed by atoms with Gasteiger partial charge in [-0.15, -0.1) is 0 Å². The lowest BCUT2D eigenvalue weighted by Crippen LogP contribution is -2.45. The van der Waals surface area contributed by atoms with Crippen molar-refractivity contribution in [3.8, 4) is 0 Å². The minimum Gasteiger partial charge on any atom is -0.466 e. The zero-order valence-electron chi connectivity index (χ0n) is 32.0. The SMILES string of the molecule is CCCC/C=C\CCCCCCCC(=O)OCCCCCCCCCCCC(=O)NC(CO)C(O)CCCCCCCCCCCCC. The van der Waals surface area contributed by atoms with Gasteiger partial charge in [0.25, 0.3) is 0 Å². The van der Waals surface area contributed by atoms with E-state index < -0.39 is 12.1 Å². The molecule has 1 amide bonds. The molecule has 2 atom stereocenters. The fraction of sp³-hybridized carbons (Fsp3) is 0.905. The molecule has 6 heteroatoms. The number of ether oxygens (including phenoxy) is 1. The standard InChI is InChI=1S/C42H81NO5/c1-3-5-7-9-11-13-15-18-22-26-30-34-40(45)39(38-44)43-41(46)35-31-27-23-19-17-21-25-29-33-37-48-42(47)36-32-28-24-20-16-14-12-10-8-6-4-2/h10,12,39-40,44-45H,3-9,11,13-38H2,1-2H3,(H,43,46)/b12-10-. The van der Waals surface area contributed by atoms with Gasteiger partial charge < -0.3 is 20.3 Å². The van der Waals surface area contributed by atoms with Crippen LogP contribution in [-0.4, -0.2) is 47.4 Å². The Balaban J connectivity index is 3.52. The Hall–Kier alpha value is -1.40. The molecule has 0 saturated carbocycles. The van der Waals surface area contributed by atoms with Crippen molar-refractivity contribution in [2.24, 2.45) is 0 Å². The highest BCUT2D eigenvalue weighted by atomic mass is 16.5. The first kappa shape index (κ1) is 46.6. The molecule has 6 nitrogen and oxygen atoms in total. The number of unbranched alkanes of at least 4 members (excludes halogenated alkanes) is 25. The number of aliphatic hydroxyl groups is 2. The summed E-state index contributed by atoms with van der Waals surface area (Å²) in [6.07, 6.45) is 40.1. The third-order valence-electron chi connectivity index (χ3n) is 9.56. The van der Waals surface area contributed by atoms with Crippen LogP contribution in [0.2, 0.25) is 0 Å². The number of hydrogen-bond acceptors (Lipinski definition) is 5. The molecule has 0 fully saturated rings. The molecule has 284 valence electrons. The van der Waals surface area contributed by atoms with E-state index in [2.05, 4.69) is 31.3 Å². The molecular weight excluding hydrogens is 598 g/mol. The molecule has 2 unspecified atom stereocenters. The third kappa shape index (κ3) is 34.5. The van der Waals surface area contributed by atoms with Gasteiger partial charge in [-0.05, 0) is 44.9 Å². The summed E-state index contributed by atoms with van der Waals surface area (Å²) in [5.74, 6) is -0.102. The minimum atomic E-state index is -0.679. The molecule has 0 rings (SSSR count). The third-order valence-corrected chi connectivity index (χ3v) is 9.56. The van der Waals surface area contributed by atoms with Crippen LogP contribution in [-0.2, 0) is 14.3 Å². The molecule has 3 N–H and O–H groups in total. The van der Waals surface area contributed by atoms with E-state index in [9.17, 15) is 19.8 Å². The van der Waals surface area contributed by atoms with Gasteiger partial charge in [0, 0.05) is 12.8 Å². The van der Waals surface area contributed by atoms with E-state index in [4.69, 9.17) is 4.74 Å². The molecule has 0 spiro atoms. The van der Waals surface area contributed by atoms with E-state index >= 15 is 0 Å². The first-order chi connectivity index (χ1) is 23.5. The maximum atomic E-state index is 12.4. The monoisotopic (exact) mass is 680 g/mol. The molecule has 0 aromatic carbocycles. The Morgan fingerprint density at radius 3 is 1.54 bits per heavy atom.